The van der Waals surface area contributed by atoms with Gasteiger partial charge in [-0.15, -0.1) is 23.2 Å². The highest BCUT2D eigenvalue weighted by Crippen LogP contribution is 2.42. The van der Waals surface area contributed by atoms with E-state index in [0.717, 1.165) is 27.7 Å². The number of aromatic nitrogens is 3. The van der Waals surface area contributed by atoms with Crippen molar-refractivity contribution in [1.29, 1.82) is 0 Å². The van der Waals surface area contributed by atoms with Crippen molar-refractivity contribution in [2.24, 2.45) is 0 Å². The van der Waals surface area contributed by atoms with E-state index < -0.39 is 89.8 Å². The smallest absolute Gasteiger partial charge is 0.303 e. The van der Waals surface area contributed by atoms with Crippen LogP contribution in [0.4, 0.5) is 0 Å². The summed E-state index contributed by atoms with van der Waals surface area (Å²) in [7, 11) is 0. The van der Waals surface area contributed by atoms with E-state index >= 15 is 0 Å². The van der Waals surface area contributed by atoms with Gasteiger partial charge in [0.05, 0.1) is 18.6 Å². The third kappa shape index (κ3) is 10.4. The molecule has 264 valence electrons. The molecular weight excluding hydrogens is 673 g/mol. The van der Waals surface area contributed by atoms with Crippen molar-refractivity contribution in [2.45, 2.75) is 115 Å². The number of nitrogens with zero attached hydrogens (tertiary/aromatic N) is 2. The fourth-order valence-corrected chi connectivity index (χ4v) is 5.81. The highest BCUT2D eigenvalue weighted by atomic mass is 35.5. The summed E-state index contributed by atoms with van der Waals surface area (Å²) < 4.78 is 52.9. The van der Waals surface area contributed by atoms with Gasteiger partial charge in [-0.3, -0.25) is 24.0 Å². The third-order valence-corrected chi connectivity index (χ3v) is 7.79. The van der Waals surface area contributed by atoms with E-state index in [-0.39, 0.29) is 26.2 Å². The summed E-state index contributed by atoms with van der Waals surface area (Å²) in [5, 5.41) is 5.86. The number of nitrogens with one attached hydrogen (secondary N) is 1. The number of H-pyrrole nitrogens is 1. The molecule has 0 saturated carbocycles. The fraction of sp³-hybridized carbons (Fsp3) is 0.750. The third-order valence-electron chi connectivity index (χ3n) is 6.89. The van der Waals surface area contributed by atoms with E-state index in [1.54, 1.807) is 6.20 Å². The number of halogens is 2. The number of carbonyl (C=O) groups is 5. The van der Waals surface area contributed by atoms with Crippen LogP contribution in [0.5, 0.6) is 0 Å². The quantitative estimate of drug-likeness (QED) is 0.115. The second-order valence-electron chi connectivity index (χ2n) is 10.7. The van der Waals surface area contributed by atoms with Crippen LogP contribution in [0, 0.1) is 0 Å². The van der Waals surface area contributed by atoms with Crippen LogP contribution in [0.1, 0.15) is 53.7 Å². The summed E-state index contributed by atoms with van der Waals surface area (Å²) in [4.78, 5) is 60.4. The first-order valence-corrected chi connectivity index (χ1v) is 15.7. The van der Waals surface area contributed by atoms with Crippen LogP contribution in [-0.4, -0.2) is 113 Å². The Balaban J connectivity index is 2.04. The molecule has 0 unspecified atom stereocenters. The van der Waals surface area contributed by atoms with E-state index in [1.165, 1.54) is 11.6 Å². The average molecular weight is 714 g/mol. The lowest BCUT2D eigenvalue weighted by Crippen LogP contribution is -2.63. The largest absolute Gasteiger partial charge is 0.466 e. The fourth-order valence-electron chi connectivity index (χ4n) is 5.15. The summed E-state index contributed by atoms with van der Waals surface area (Å²) in [5.74, 6) is -6.26. The van der Waals surface area contributed by atoms with Crippen molar-refractivity contribution in [3.63, 3.8) is 0 Å². The average Bonchev–Trinajstić information content (AvgIpc) is 3.53. The lowest BCUT2D eigenvalue weighted by molar-refractivity contribution is -0.760. The minimum absolute atomic E-state index is 0.0134. The number of ether oxygens (including phenoxy) is 9. The molecule has 1 aromatic rings. The Kier molecular flexibility index (Phi) is 14.2. The molecule has 3 heterocycles. The lowest BCUT2D eigenvalue weighted by atomic mass is 9.98. The maximum Gasteiger partial charge on any atom is 0.303 e. The Labute approximate surface area is 280 Å². The Morgan fingerprint density at radius 2 is 1.53 bits per heavy atom. The molecule has 3 rings (SSSR count). The van der Waals surface area contributed by atoms with Crippen LogP contribution < -0.4 is 4.68 Å². The molecule has 47 heavy (non-hydrogen) atoms. The zero-order chi connectivity index (χ0) is 34.9. The predicted octanol–water partition coefficient (Wildman–Crippen LogP) is 0.597. The number of hydrogen-bond acceptors (Lipinski definition) is 15. The number of rotatable bonds is 15. The molecule has 0 bridgehead atoms. The van der Waals surface area contributed by atoms with Crippen LogP contribution in [0.25, 0.3) is 0 Å². The van der Waals surface area contributed by atoms with E-state index in [1.807, 2.05) is 6.92 Å². The van der Waals surface area contributed by atoms with Crippen molar-refractivity contribution < 1.29 is 71.3 Å². The van der Waals surface area contributed by atoms with Gasteiger partial charge in [0, 0.05) is 52.7 Å². The van der Waals surface area contributed by atoms with Crippen molar-refractivity contribution in [1.82, 2.24) is 10.3 Å². The number of carbonyl (C=O) groups excluding carboxylic acids is 5. The normalized spacial score (nSPS) is 30.3. The topological polar surface area (TPSA) is 201 Å². The molecule has 17 nitrogen and oxygen atoms in total. The van der Waals surface area contributed by atoms with E-state index in [0.29, 0.717) is 12.3 Å². The van der Waals surface area contributed by atoms with Crippen LogP contribution in [0.15, 0.2) is 6.20 Å². The Morgan fingerprint density at radius 3 is 2.11 bits per heavy atom. The highest BCUT2D eigenvalue weighted by Gasteiger charge is 2.63. The van der Waals surface area contributed by atoms with Gasteiger partial charge in [0.1, 0.15) is 24.6 Å². The van der Waals surface area contributed by atoms with E-state index in [4.69, 9.17) is 65.8 Å². The van der Waals surface area contributed by atoms with Gasteiger partial charge in [-0.25, -0.2) is 0 Å². The Hall–Kier alpha value is -3.09. The van der Waals surface area contributed by atoms with Crippen LogP contribution in [0.2, 0.25) is 0 Å². The van der Waals surface area contributed by atoms with Gasteiger partial charge in [0.2, 0.25) is 17.8 Å². The molecule has 2 aliphatic heterocycles. The molecule has 1 N–H and O–H groups in total. The first kappa shape index (κ1) is 38.4. The summed E-state index contributed by atoms with van der Waals surface area (Å²) in [6, 6.07) is 0. The van der Waals surface area contributed by atoms with E-state index in [2.05, 4.69) is 10.3 Å². The van der Waals surface area contributed by atoms with Crippen molar-refractivity contribution in [3.8, 4) is 0 Å². The molecule has 0 aliphatic carbocycles. The molecule has 0 aromatic carbocycles. The molecule has 9 atom stereocenters. The second-order valence-corrected chi connectivity index (χ2v) is 11.5. The van der Waals surface area contributed by atoms with Crippen LogP contribution in [-0.2, 0) is 79.8 Å². The monoisotopic (exact) mass is 712 g/mol. The standard InChI is InChI=1S/C28H39Cl2N3O14/c1-7-39-12-19-10-33(32-31-19)11-21-23(41-15(3)35)26(44-18(6)38)28(13-29,46-21)47-27-25(43-17(5)37)24(42-16(4)36)22(30)20(45-27)8-9-40-14(2)34/h10,20-27H,7-9,11-13H2,1-6H3/p+1/t20-,21-,22+,23-,24+,25-,26+,27+,28+/m1/s1. The number of hydrogen-bond donors (Lipinski definition) is 1. The molecule has 2 fully saturated rings. The summed E-state index contributed by atoms with van der Waals surface area (Å²) >= 11 is 13.2. The minimum atomic E-state index is -2.10. The minimum Gasteiger partial charge on any atom is -0.466 e. The molecular formula is C28H40Cl2N3O14+. The van der Waals surface area contributed by atoms with Crippen molar-refractivity contribution in [3.05, 3.63) is 11.9 Å². The van der Waals surface area contributed by atoms with Gasteiger partial charge in [-0.1, -0.05) is 5.21 Å². The van der Waals surface area contributed by atoms with Crippen molar-refractivity contribution >= 4 is 53.0 Å². The zero-order valence-electron chi connectivity index (χ0n) is 26.8. The maximum absolute atomic E-state index is 12.4. The summed E-state index contributed by atoms with van der Waals surface area (Å²) in [5.41, 5.74) is 0.567. The van der Waals surface area contributed by atoms with Gasteiger partial charge in [-0.05, 0) is 6.92 Å². The van der Waals surface area contributed by atoms with Crippen LogP contribution >= 0.6 is 23.2 Å². The van der Waals surface area contributed by atoms with Gasteiger partial charge < -0.3 is 42.6 Å². The molecule has 0 amide bonds. The molecule has 2 aliphatic rings. The van der Waals surface area contributed by atoms with Gasteiger partial charge in [0.25, 0.3) is 0 Å². The number of alkyl halides is 2. The zero-order valence-corrected chi connectivity index (χ0v) is 28.3. The lowest BCUT2D eigenvalue weighted by Gasteiger charge is -2.45. The van der Waals surface area contributed by atoms with Crippen molar-refractivity contribution in [2.75, 3.05) is 19.1 Å². The number of aromatic amines is 1. The Morgan fingerprint density at radius 1 is 0.915 bits per heavy atom. The Bertz CT molecular complexity index is 1270. The number of esters is 5. The summed E-state index contributed by atoms with van der Waals surface area (Å²) in [6.07, 6.45) is -7.60. The highest BCUT2D eigenvalue weighted by molar-refractivity contribution is 6.21. The summed E-state index contributed by atoms with van der Waals surface area (Å²) in [6.45, 7) is 8.12. The first-order chi connectivity index (χ1) is 22.2. The predicted molar refractivity (Wildman–Crippen MR) is 155 cm³/mol. The van der Waals surface area contributed by atoms with E-state index in [9.17, 15) is 24.0 Å². The maximum atomic E-state index is 12.4. The molecule has 19 heteroatoms. The molecule has 2 saturated heterocycles. The second kappa shape index (κ2) is 17.3. The first-order valence-electron chi connectivity index (χ1n) is 14.7. The van der Waals surface area contributed by atoms with Gasteiger partial charge in [0.15, 0.2) is 30.6 Å². The molecule has 0 spiro atoms. The van der Waals surface area contributed by atoms with Crippen LogP contribution in [0.3, 0.4) is 0 Å². The van der Waals surface area contributed by atoms with Gasteiger partial charge >= 0.3 is 29.8 Å². The molecule has 0 radical (unpaired) electrons. The van der Waals surface area contributed by atoms with Gasteiger partial charge in [-0.2, -0.15) is 4.68 Å². The SMILES string of the molecule is CCOCc1c[n+](C[C@H]2O[C@@](CCl)(O[C@@H]3O[C@H](CCOC(C)=O)[C@H](Cl)[C@H](OC(C)=O)[C@H]3OC(C)=O)[C@@H](OC(C)=O)[C@@H]2OC(C)=O)[nH]n1. The molecule has 1 aromatic heterocycles.